The van der Waals surface area contributed by atoms with Crippen LogP contribution in [0.4, 0.5) is 0 Å². The van der Waals surface area contributed by atoms with Gasteiger partial charge in [0.05, 0.1) is 5.60 Å². The van der Waals surface area contributed by atoms with E-state index in [2.05, 4.69) is 5.32 Å². The zero-order valence-electron chi connectivity index (χ0n) is 11.5. The normalized spacial score (nSPS) is 13.9. The summed E-state index contributed by atoms with van der Waals surface area (Å²) in [6.45, 7) is 2.76. The molecule has 1 rings (SSSR count). The minimum atomic E-state index is -0.969. The van der Waals surface area contributed by atoms with E-state index < -0.39 is 5.60 Å². The molecule has 1 aromatic rings. The van der Waals surface area contributed by atoms with Crippen LogP contribution in [0.3, 0.4) is 0 Å². The third-order valence-corrected chi connectivity index (χ3v) is 2.93. The Labute approximate surface area is 113 Å². The number of benzene rings is 1. The number of carbonyl (C=O) groups is 1. The Hall–Kier alpha value is -1.43. The van der Waals surface area contributed by atoms with Gasteiger partial charge >= 0.3 is 0 Å². The molecule has 0 aliphatic rings. The Kier molecular flexibility index (Phi) is 5.95. The second-order valence-corrected chi connectivity index (χ2v) is 4.82. The minimum Gasteiger partial charge on any atom is -0.388 e. The molecule has 0 saturated carbocycles. The number of aliphatic hydroxyl groups is 1. The lowest BCUT2D eigenvalue weighted by atomic mass is 10.0. The summed E-state index contributed by atoms with van der Waals surface area (Å²) < 4.78 is 4.91. The molecule has 1 atom stereocenters. The van der Waals surface area contributed by atoms with Gasteiger partial charge in [0, 0.05) is 38.8 Å². The van der Waals surface area contributed by atoms with Gasteiger partial charge in [0.25, 0.3) is 5.91 Å². The van der Waals surface area contributed by atoms with Crippen LogP contribution in [-0.4, -0.2) is 36.9 Å². The quantitative estimate of drug-likeness (QED) is 0.677. The van der Waals surface area contributed by atoms with E-state index in [4.69, 9.17) is 10.5 Å². The van der Waals surface area contributed by atoms with Gasteiger partial charge in [-0.25, -0.2) is 0 Å². The Bertz CT molecular complexity index is 402. The number of hydrogen-bond donors (Lipinski definition) is 3. The van der Waals surface area contributed by atoms with Gasteiger partial charge in [0.15, 0.2) is 0 Å². The first-order chi connectivity index (χ1) is 8.98. The Morgan fingerprint density at radius 1 is 1.42 bits per heavy atom. The van der Waals surface area contributed by atoms with Crippen molar-refractivity contribution in [3.63, 3.8) is 0 Å². The molecule has 5 nitrogen and oxygen atoms in total. The monoisotopic (exact) mass is 266 g/mol. The van der Waals surface area contributed by atoms with E-state index >= 15 is 0 Å². The molecule has 0 heterocycles. The topological polar surface area (TPSA) is 84.6 Å². The van der Waals surface area contributed by atoms with Crippen molar-refractivity contribution < 1.29 is 14.6 Å². The Morgan fingerprint density at radius 2 is 2.05 bits per heavy atom. The fourth-order valence-electron chi connectivity index (χ4n) is 1.58. The molecule has 0 bridgehead atoms. The predicted octanol–water partition coefficient (Wildman–Crippen LogP) is 0.663. The van der Waals surface area contributed by atoms with E-state index in [1.165, 1.54) is 0 Å². The number of methoxy groups -OCH3 is 1. The predicted molar refractivity (Wildman–Crippen MR) is 73.8 cm³/mol. The molecule has 0 saturated heterocycles. The molecule has 0 aliphatic carbocycles. The number of carbonyl (C=O) groups excluding carboxylic acids is 1. The molecule has 0 aliphatic heterocycles. The van der Waals surface area contributed by atoms with Crippen molar-refractivity contribution in [2.24, 2.45) is 5.73 Å². The van der Waals surface area contributed by atoms with Crippen LogP contribution in [0, 0.1) is 0 Å². The third-order valence-electron chi connectivity index (χ3n) is 2.93. The second-order valence-electron chi connectivity index (χ2n) is 4.82. The number of amides is 1. The van der Waals surface area contributed by atoms with Gasteiger partial charge in [-0.1, -0.05) is 12.1 Å². The maximum absolute atomic E-state index is 11.9. The van der Waals surface area contributed by atoms with Crippen molar-refractivity contribution in [3.8, 4) is 0 Å². The van der Waals surface area contributed by atoms with E-state index in [0.717, 1.165) is 5.56 Å². The number of ether oxygens (including phenoxy) is 1. The molecule has 1 aromatic carbocycles. The second kappa shape index (κ2) is 7.23. The van der Waals surface area contributed by atoms with E-state index in [1.807, 2.05) is 12.1 Å². The summed E-state index contributed by atoms with van der Waals surface area (Å²) in [5.74, 6) is -0.207. The van der Waals surface area contributed by atoms with Crippen LogP contribution in [0.5, 0.6) is 0 Å². The highest BCUT2D eigenvalue weighted by molar-refractivity contribution is 5.94. The summed E-state index contributed by atoms with van der Waals surface area (Å²) >= 11 is 0. The van der Waals surface area contributed by atoms with Crippen LogP contribution in [0.25, 0.3) is 0 Å². The molecular formula is C14H22N2O3. The minimum absolute atomic E-state index is 0.188. The van der Waals surface area contributed by atoms with Crippen LogP contribution in [-0.2, 0) is 11.3 Å². The number of nitrogens with two attached hydrogens (primary N) is 1. The van der Waals surface area contributed by atoms with Crippen molar-refractivity contribution in [2.45, 2.75) is 25.5 Å². The van der Waals surface area contributed by atoms with Crippen LogP contribution < -0.4 is 11.1 Å². The standard InChI is InChI=1S/C14H22N2O3/c1-14(18,7-8-19-2)10-16-13(17)12-5-3-11(9-15)4-6-12/h3-6,18H,7-10,15H2,1-2H3,(H,16,17). The van der Waals surface area contributed by atoms with Crippen molar-refractivity contribution in [1.29, 1.82) is 0 Å². The molecule has 5 heteroatoms. The summed E-state index contributed by atoms with van der Waals surface area (Å²) in [7, 11) is 1.58. The van der Waals surface area contributed by atoms with Crippen LogP contribution in [0.15, 0.2) is 24.3 Å². The molecule has 0 spiro atoms. The van der Waals surface area contributed by atoms with Gasteiger partial charge in [-0.15, -0.1) is 0 Å². The molecular weight excluding hydrogens is 244 g/mol. The van der Waals surface area contributed by atoms with Crippen molar-refractivity contribution >= 4 is 5.91 Å². The largest absolute Gasteiger partial charge is 0.388 e. The molecule has 0 radical (unpaired) electrons. The highest BCUT2D eigenvalue weighted by Gasteiger charge is 2.21. The lowest BCUT2D eigenvalue weighted by Crippen LogP contribution is -2.41. The van der Waals surface area contributed by atoms with Crippen LogP contribution in [0.2, 0.25) is 0 Å². The summed E-state index contributed by atoms with van der Waals surface area (Å²) in [6, 6.07) is 7.08. The lowest BCUT2D eigenvalue weighted by molar-refractivity contribution is 0.0243. The van der Waals surface area contributed by atoms with Crippen molar-refractivity contribution in [1.82, 2.24) is 5.32 Å². The molecule has 19 heavy (non-hydrogen) atoms. The van der Waals surface area contributed by atoms with Gasteiger partial charge in [0.1, 0.15) is 0 Å². The van der Waals surface area contributed by atoms with Gasteiger partial charge < -0.3 is 20.9 Å². The number of hydrogen-bond acceptors (Lipinski definition) is 4. The van der Waals surface area contributed by atoms with Crippen molar-refractivity contribution in [2.75, 3.05) is 20.3 Å². The zero-order valence-corrected chi connectivity index (χ0v) is 11.5. The lowest BCUT2D eigenvalue weighted by Gasteiger charge is -2.23. The first-order valence-electron chi connectivity index (χ1n) is 6.27. The van der Waals surface area contributed by atoms with E-state index in [9.17, 15) is 9.90 Å². The maximum Gasteiger partial charge on any atom is 0.251 e. The molecule has 1 amide bonds. The van der Waals surface area contributed by atoms with Gasteiger partial charge in [-0.05, 0) is 24.6 Å². The fourth-order valence-corrected chi connectivity index (χ4v) is 1.58. The fraction of sp³-hybridized carbons (Fsp3) is 0.500. The summed E-state index contributed by atoms with van der Waals surface area (Å²) in [4.78, 5) is 11.9. The van der Waals surface area contributed by atoms with E-state index in [-0.39, 0.29) is 12.5 Å². The average molecular weight is 266 g/mol. The first-order valence-corrected chi connectivity index (χ1v) is 6.27. The molecule has 0 fully saturated rings. The summed E-state index contributed by atoms with van der Waals surface area (Å²) in [5, 5.41) is 12.7. The number of nitrogens with one attached hydrogen (secondary N) is 1. The SMILES string of the molecule is COCCC(C)(O)CNC(=O)c1ccc(CN)cc1. The Morgan fingerprint density at radius 3 is 2.58 bits per heavy atom. The smallest absolute Gasteiger partial charge is 0.251 e. The van der Waals surface area contributed by atoms with Crippen LogP contribution >= 0.6 is 0 Å². The molecule has 4 N–H and O–H groups in total. The van der Waals surface area contributed by atoms with Gasteiger partial charge in [-0.3, -0.25) is 4.79 Å². The molecule has 106 valence electrons. The summed E-state index contributed by atoms with van der Waals surface area (Å²) in [5.41, 5.74) is 6.05. The van der Waals surface area contributed by atoms with Crippen LogP contribution in [0.1, 0.15) is 29.3 Å². The molecule has 1 unspecified atom stereocenters. The van der Waals surface area contributed by atoms with Gasteiger partial charge in [0.2, 0.25) is 0 Å². The molecule has 0 aromatic heterocycles. The van der Waals surface area contributed by atoms with Gasteiger partial charge in [-0.2, -0.15) is 0 Å². The zero-order chi connectivity index (χ0) is 14.3. The Balaban J connectivity index is 2.50. The maximum atomic E-state index is 11.9. The third kappa shape index (κ3) is 5.38. The van der Waals surface area contributed by atoms with E-state index in [1.54, 1.807) is 26.2 Å². The van der Waals surface area contributed by atoms with E-state index in [0.29, 0.717) is 25.1 Å². The highest BCUT2D eigenvalue weighted by Crippen LogP contribution is 2.09. The average Bonchev–Trinajstić information content (AvgIpc) is 2.43. The summed E-state index contributed by atoms with van der Waals surface area (Å²) in [6.07, 6.45) is 0.468. The highest BCUT2D eigenvalue weighted by atomic mass is 16.5. The number of rotatable bonds is 7. The van der Waals surface area contributed by atoms with Crippen molar-refractivity contribution in [3.05, 3.63) is 35.4 Å². The first kappa shape index (κ1) is 15.6.